The molecule has 124 valence electrons. The molecule has 4 nitrogen and oxygen atoms in total. The summed E-state index contributed by atoms with van der Waals surface area (Å²) in [6.07, 6.45) is 1.95. The van der Waals surface area contributed by atoms with Crippen molar-refractivity contribution < 1.29 is 4.79 Å². The van der Waals surface area contributed by atoms with Gasteiger partial charge in [0.15, 0.2) is 5.17 Å². The number of thioether (sulfide) groups is 1. The number of carbonyl (C=O) groups excluding carboxylic acids is 1. The monoisotopic (exact) mass is 339 g/mol. The smallest absolute Gasteiger partial charge is 0.264 e. The number of nitrogens with one attached hydrogen (secondary N) is 1. The minimum absolute atomic E-state index is 0.0892. The van der Waals surface area contributed by atoms with E-state index in [2.05, 4.69) is 41.7 Å². The van der Waals surface area contributed by atoms with E-state index in [9.17, 15) is 4.79 Å². The van der Waals surface area contributed by atoms with Crippen molar-refractivity contribution in [3.8, 4) is 0 Å². The summed E-state index contributed by atoms with van der Waals surface area (Å²) in [7, 11) is 0. The van der Waals surface area contributed by atoms with E-state index < -0.39 is 0 Å². The zero-order chi connectivity index (χ0) is 17.3. The molecule has 1 N–H and O–H groups in total. The van der Waals surface area contributed by atoms with Crippen LogP contribution in [0.3, 0.4) is 0 Å². The number of aryl methyl sites for hydroxylation is 2. The Kier molecular flexibility index (Phi) is 4.62. The molecule has 1 aliphatic heterocycles. The number of hydrogen-bond donors (Lipinski definition) is 1. The molecule has 0 bridgehead atoms. The molecule has 1 amide bonds. The third kappa shape index (κ3) is 3.17. The van der Waals surface area contributed by atoms with E-state index in [1.54, 1.807) is 0 Å². The number of rotatable bonds is 3. The fourth-order valence-corrected chi connectivity index (χ4v) is 3.71. The van der Waals surface area contributed by atoms with Crippen LogP contribution in [0.25, 0.3) is 6.08 Å². The van der Waals surface area contributed by atoms with Crippen LogP contribution in [0, 0.1) is 20.8 Å². The molecular weight excluding hydrogens is 318 g/mol. The molecule has 0 unspecified atom stereocenters. The zero-order valence-electron chi connectivity index (χ0n) is 14.4. The summed E-state index contributed by atoms with van der Waals surface area (Å²) < 4.78 is 2.24. The molecule has 1 aliphatic rings. The Hall–Kier alpha value is -2.27. The van der Waals surface area contributed by atoms with Crippen LogP contribution in [0.2, 0.25) is 0 Å². The number of nitrogens with zero attached hydrogens (tertiary/aromatic N) is 2. The van der Waals surface area contributed by atoms with Crippen molar-refractivity contribution >= 4 is 34.6 Å². The van der Waals surface area contributed by atoms with Crippen molar-refractivity contribution in [2.24, 2.45) is 4.99 Å². The summed E-state index contributed by atoms with van der Waals surface area (Å²) >= 11 is 1.39. The molecule has 0 aliphatic carbocycles. The van der Waals surface area contributed by atoms with E-state index in [1.807, 2.05) is 37.3 Å². The molecule has 0 atom stereocenters. The largest absolute Gasteiger partial charge is 0.349 e. The second-order valence-electron chi connectivity index (χ2n) is 5.84. The third-order valence-corrected chi connectivity index (χ3v) is 5.11. The highest BCUT2D eigenvalue weighted by Gasteiger charge is 2.24. The zero-order valence-corrected chi connectivity index (χ0v) is 15.2. The van der Waals surface area contributed by atoms with Gasteiger partial charge in [-0.05, 0) is 68.8 Å². The van der Waals surface area contributed by atoms with Gasteiger partial charge in [-0.3, -0.25) is 4.79 Å². The first kappa shape index (κ1) is 16.6. The van der Waals surface area contributed by atoms with Gasteiger partial charge in [-0.1, -0.05) is 18.2 Å². The number of hydrogen-bond acceptors (Lipinski definition) is 3. The standard InChI is InChI=1S/C19H21N3OS/c1-5-22-13(3)10-15(14(22)4)11-17-18(23)21-19(24-17)20-16-9-7-6-8-12(16)2/h6-11H,5H2,1-4H3,(H,20,21,23)/b17-11-. The van der Waals surface area contributed by atoms with Gasteiger partial charge < -0.3 is 9.88 Å². The predicted octanol–water partition coefficient (Wildman–Crippen LogP) is 4.32. The molecule has 1 aromatic heterocycles. The molecule has 0 spiro atoms. The van der Waals surface area contributed by atoms with Gasteiger partial charge in [0.05, 0.1) is 10.6 Å². The van der Waals surface area contributed by atoms with Gasteiger partial charge >= 0.3 is 0 Å². The lowest BCUT2D eigenvalue weighted by Crippen LogP contribution is -2.19. The number of carbonyl (C=O) groups is 1. The van der Waals surface area contributed by atoms with Gasteiger partial charge in [0.25, 0.3) is 5.91 Å². The maximum absolute atomic E-state index is 12.2. The number of amidine groups is 1. The van der Waals surface area contributed by atoms with Crippen molar-refractivity contribution in [1.82, 2.24) is 9.88 Å². The Labute approximate surface area is 146 Å². The molecule has 24 heavy (non-hydrogen) atoms. The van der Waals surface area contributed by atoms with Crippen LogP contribution in [0.5, 0.6) is 0 Å². The van der Waals surface area contributed by atoms with Gasteiger partial charge in [-0.25, -0.2) is 4.99 Å². The Morgan fingerprint density at radius 3 is 2.67 bits per heavy atom. The lowest BCUT2D eigenvalue weighted by atomic mass is 10.2. The number of amides is 1. The van der Waals surface area contributed by atoms with Gasteiger partial charge in [-0.2, -0.15) is 0 Å². The summed E-state index contributed by atoms with van der Waals surface area (Å²) in [6, 6.07) is 10.0. The molecule has 2 heterocycles. The van der Waals surface area contributed by atoms with E-state index in [0.29, 0.717) is 10.1 Å². The fourth-order valence-electron chi connectivity index (χ4n) is 2.88. The van der Waals surface area contributed by atoms with Gasteiger partial charge in [0, 0.05) is 17.9 Å². The Morgan fingerprint density at radius 2 is 2.00 bits per heavy atom. The van der Waals surface area contributed by atoms with Crippen LogP contribution in [0.15, 0.2) is 40.2 Å². The average Bonchev–Trinajstić information content (AvgIpc) is 3.02. The van der Waals surface area contributed by atoms with E-state index in [4.69, 9.17) is 0 Å². The lowest BCUT2D eigenvalue weighted by Gasteiger charge is -2.04. The average molecular weight is 339 g/mol. The molecule has 3 rings (SSSR count). The number of aliphatic imine (C=N–C) groups is 1. The number of para-hydroxylation sites is 1. The van der Waals surface area contributed by atoms with E-state index in [0.717, 1.165) is 23.4 Å². The molecule has 0 radical (unpaired) electrons. The summed E-state index contributed by atoms with van der Waals surface area (Å²) in [5.74, 6) is -0.0892. The minimum Gasteiger partial charge on any atom is -0.349 e. The van der Waals surface area contributed by atoms with Crippen molar-refractivity contribution in [1.29, 1.82) is 0 Å². The van der Waals surface area contributed by atoms with Crippen molar-refractivity contribution in [2.75, 3.05) is 0 Å². The third-order valence-electron chi connectivity index (χ3n) is 4.20. The van der Waals surface area contributed by atoms with E-state index >= 15 is 0 Å². The van der Waals surface area contributed by atoms with Crippen LogP contribution in [0.1, 0.15) is 29.4 Å². The van der Waals surface area contributed by atoms with Crippen LogP contribution in [-0.4, -0.2) is 15.6 Å². The van der Waals surface area contributed by atoms with Crippen molar-refractivity contribution in [2.45, 2.75) is 34.2 Å². The molecule has 1 aromatic carbocycles. The topological polar surface area (TPSA) is 46.4 Å². The second-order valence-corrected chi connectivity index (χ2v) is 6.87. The maximum atomic E-state index is 12.2. The number of benzene rings is 1. The van der Waals surface area contributed by atoms with Crippen molar-refractivity contribution in [3.05, 3.63) is 57.8 Å². The van der Waals surface area contributed by atoms with Crippen molar-refractivity contribution in [3.63, 3.8) is 0 Å². The highest BCUT2D eigenvalue weighted by molar-refractivity contribution is 8.18. The first-order valence-corrected chi connectivity index (χ1v) is 8.83. The molecule has 1 saturated heterocycles. The molecule has 0 saturated carbocycles. The van der Waals surface area contributed by atoms with Crippen LogP contribution in [-0.2, 0) is 11.3 Å². The fraction of sp³-hybridized carbons (Fsp3) is 0.263. The molecular formula is C19H21N3OS. The SMILES string of the molecule is CCn1c(C)cc(/C=C2\SC(=Nc3ccccc3C)NC2=O)c1C. The van der Waals surface area contributed by atoms with E-state index in [1.165, 1.54) is 23.1 Å². The summed E-state index contributed by atoms with van der Waals surface area (Å²) in [6.45, 7) is 9.24. The Bertz CT molecular complexity index is 861. The maximum Gasteiger partial charge on any atom is 0.264 e. The summed E-state index contributed by atoms with van der Waals surface area (Å²) in [5, 5.41) is 3.48. The van der Waals surface area contributed by atoms with E-state index in [-0.39, 0.29) is 5.91 Å². The van der Waals surface area contributed by atoms with Crippen LogP contribution < -0.4 is 5.32 Å². The number of aromatic nitrogens is 1. The first-order valence-electron chi connectivity index (χ1n) is 8.01. The van der Waals surface area contributed by atoms with Crippen LogP contribution >= 0.6 is 11.8 Å². The normalized spacial score (nSPS) is 17.8. The van der Waals surface area contributed by atoms with Gasteiger partial charge in [0.2, 0.25) is 0 Å². The highest BCUT2D eigenvalue weighted by atomic mass is 32.2. The first-order chi connectivity index (χ1) is 11.5. The highest BCUT2D eigenvalue weighted by Crippen LogP contribution is 2.30. The molecule has 5 heteroatoms. The molecule has 2 aromatic rings. The quantitative estimate of drug-likeness (QED) is 0.846. The predicted molar refractivity (Wildman–Crippen MR) is 102 cm³/mol. The van der Waals surface area contributed by atoms with Gasteiger partial charge in [0.1, 0.15) is 0 Å². The lowest BCUT2D eigenvalue weighted by molar-refractivity contribution is -0.115. The summed E-state index contributed by atoms with van der Waals surface area (Å²) in [4.78, 5) is 17.5. The minimum atomic E-state index is -0.0892. The van der Waals surface area contributed by atoms with Gasteiger partial charge in [-0.15, -0.1) is 0 Å². The Balaban J connectivity index is 1.89. The molecule has 1 fully saturated rings. The second kappa shape index (κ2) is 6.69. The van der Waals surface area contributed by atoms with Crippen LogP contribution in [0.4, 0.5) is 5.69 Å². The Morgan fingerprint density at radius 1 is 1.25 bits per heavy atom. The summed E-state index contributed by atoms with van der Waals surface area (Å²) in [5.41, 5.74) is 5.44.